The molecule has 0 bridgehead atoms. The van der Waals surface area contributed by atoms with Crippen LogP contribution in [0, 0.1) is 5.82 Å². The first-order valence-corrected chi connectivity index (χ1v) is 13.0. The van der Waals surface area contributed by atoms with Crippen molar-refractivity contribution >= 4 is 23.1 Å². The third-order valence-corrected chi connectivity index (χ3v) is 7.11. The second-order valence-corrected chi connectivity index (χ2v) is 10.2. The molecule has 9 heteroatoms. The number of carbonyl (C=O) groups excluding carboxylic acids is 1. The van der Waals surface area contributed by atoms with Gasteiger partial charge in [0, 0.05) is 23.4 Å². The Morgan fingerprint density at radius 1 is 1.08 bits per heavy atom. The van der Waals surface area contributed by atoms with E-state index < -0.39 is 17.3 Å². The third-order valence-electron chi connectivity index (χ3n) is 7.11. The maximum absolute atomic E-state index is 14.6. The number of hydrogen-bond acceptors (Lipinski definition) is 6. The van der Waals surface area contributed by atoms with Gasteiger partial charge in [0.05, 0.1) is 11.4 Å². The average Bonchev–Trinajstić information content (AvgIpc) is 3.37. The van der Waals surface area contributed by atoms with Crippen molar-refractivity contribution in [3.8, 4) is 11.3 Å². The van der Waals surface area contributed by atoms with E-state index in [0.29, 0.717) is 34.6 Å². The van der Waals surface area contributed by atoms with Crippen LogP contribution >= 0.6 is 0 Å². The van der Waals surface area contributed by atoms with E-state index in [9.17, 15) is 14.0 Å². The number of H-pyrrole nitrogens is 1. The molecule has 0 spiro atoms. The molecule has 1 aliphatic heterocycles. The number of nitrogens with zero attached hydrogens (tertiary/aromatic N) is 3. The Balaban J connectivity index is 1.34. The molecule has 3 N–H and O–H groups in total. The highest BCUT2D eigenvalue weighted by atomic mass is 19.1. The Bertz CT molecular complexity index is 1530. The van der Waals surface area contributed by atoms with Gasteiger partial charge in [-0.3, -0.25) is 14.5 Å². The van der Waals surface area contributed by atoms with Crippen LogP contribution in [0.25, 0.3) is 11.3 Å². The molecule has 200 valence electrons. The lowest BCUT2D eigenvalue weighted by molar-refractivity contribution is 0.102. The number of pyridine rings is 1. The first kappa shape index (κ1) is 26.2. The molecule has 1 fully saturated rings. The predicted octanol–water partition coefficient (Wildman–Crippen LogP) is 5.86. The number of nitrogens with one attached hydrogen (secondary N) is 3. The fraction of sp³-hybridized carbons (Fsp3) is 0.267. The van der Waals surface area contributed by atoms with E-state index in [1.807, 2.05) is 30.5 Å². The average molecular weight is 527 g/mol. The maximum Gasteiger partial charge on any atom is 0.287 e. The molecule has 1 aliphatic rings. The summed E-state index contributed by atoms with van der Waals surface area (Å²) in [6, 6.07) is 17.3. The lowest BCUT2D eigenvalue weighted by Crippen LogP contribution is -2.17. The molecule has 0 radical (unpaired) electrons. The van der Waals surface area contributed by atoms with E-state index in [1.165, 1.54) is 18.2 Å². The van der Waals surface area contributed by atoms with Gasteiger partial charge in [-0.25, -0.2) is 14.5 Å². The number of hydrogen-bond donors (Lipinski definition) is 3. The monoisotopic (exact) mass is 526 g/mol. The van der Waals surface area contributed by atoms with Gasteiger partial charge in [0.2, 0.25) is 0 Å². The molecule has 3 heterocycles. The highest BCUT2D eigenvalue weighted by Gasteiger charge is 2.22. The number of anilines is 3. The van der Waals surface area contributed by atoms with Gasteiger partial charge in [0.25, 0.3) is 11.5 Å². The summed E-state index contributed by atoms with van der Waals surface area (Å²) in [5.41, 5.74) is 3.45. The van der Waals surface area contributed by atoms with Crippen molar-refractivity contribution < 1.29 is 9.18 Å². The van der Waals surface area contributed by atoms with E-state index in [4.69, 9.17) is 0 Å². The smallest absolute Gasteiger partial charge is 0.287 e. The fourth-order valence-electron chi connectivity index (χ4n) is 4.79. The number of rotatable bonds is 7. The topological polar surface area (TPSA) is 103 Å². The second-order valence-electron chi connectivity index (χ2n) is 10.2. The Labute approximate surface area is 226 Å². The van der Waals surface area contributed by atoms with Crippen LogP contribution in [0.1, 0.15) is 60.1 Å². The van der Waals surface area contributed by atoms with Crippen LogP contribution in [0.5, 0.6) is 0 Å². The standard InChI is InChI=1S/C30H31FN6O2/c1-18(2)19-6-8-20(9-7-19)29(38)34-25-15-21(10-12-23(25)31)24-16-26(30(39)36-35-24)33-28-13-11-22(17-32-28)27-5-4-14-37(27)3/h6-13,15-18,27H,4-5,14H2,1-3H3,(H,34,38)(H,36,39)(H,32,33,35). The molecule has 5 rings (SSSR count). The van der Waals surface area contributed by atoms with Crippen molar-refractivity contribution in [3.63, 3.8) is 0 Å². The summed E-state index contributed by atoms with van der Waals surface area (Å²) in [4.78, 5) is 32.0. The van der Waals surface area contributed by atoms with Crippen molar-refractivity contribution in [1.82, 2.24) is 20.1 Å². The van der Waals surface area contributed by atoms with Gasteiger partial charge in [0.15, 0.2) is 0 Å². The highest BCUT2D eigenvalue weighted by molar-refractivity contribution is 6.04. The number of amides is 1. The first-order chi connectivity index (χ1) is 18.8. The van der Waals surface area contributed by atoms with Crippen LogP contribution in [0.15, 0.2) is 71.7 Å². The van der Waals surface area contributed by atoms with Crippen molar-refractivity contribution in [1.29, 1.82) is 0 Å². The molecule has 0 saturated carbocycles. The van der Waals surface area contributed by atoms with Gasteiger partial charge in [-0.05, 0) is 85.9 Å². The SMILES string of the molecule is CC(C)c1ccc(C(=O)Nc2cc(-c3cc(Nc4ccc(C5CCCN5C)cn4)c(=O)[nH]n3)ccc2F)cc1. The summed E-state index contributed by atoms with van der Waals surface area (Å²) >= 11 is 0. The molecule has 2 aromatic carbocycles. The van der Waals surface area contributed by atoms with Crippen LogP contribution in [-0.2, 0) is 0 Å². The van der Waals surface area contributed by atoms with E-state index in [0.717, 1.165) is 30.5 Å². The van der Waals surface area contributed by atoms with Crippen LogP contribution in [0.4, 0.5) is 21.6 Å². The molecule has 39 heavy (non-hydrogen) atoms. The predicted molar refractivity (Wildman–Crippen MR) is 151 cm³/mol. The first-order valence-electron chi connectivity index (χ1n) is 13.0. The number of halogens is 1. The Hall–Kier alpha value is -4.37. The van der Waals surface area contributed by atoms with E-state index in [1.54, 1.807) is 18.2 Å². The zero-order valence-electron chi connectivity index (χ0n) is 22.2. The van der Waals surface area contributed by atoms with Gasteiger partial charge in [0.1, 0.15) is 17.3 Å². The Morgan fingerprint density at radius 2 is 1.87 bits per heavy atom. The van der Waals surface area contributed by atoms with Crippen molar-refractivity contribution in [2.45, 2.75) is 38.6 Å². The number of carbonyl (C=O) groups is 1. The van der Waals surface area contributed by atoms with Gasteiger partial charge in [-0.2, -0.15) is 5.10 Å². The summed E-state index contributed by atoms with van der Waals surface area (Å²) in [7, 11) is 2.11. The molecule has 1 atom stereocenters. The fourth-order valence-corrected chi connectivity index (χ4v) is 4.79. The van der Waals surface area contributed by atoms with Gasteiger partial charge < -0.3 is 10.6 Å². The van der Waals surface area contributed by atoms with E-state index >= 15 is 0 Å². The zero-order chi connectivity index (χ0) is 27.5. The minimum atomic E-state index is -0.578. The van der Waals surface area contributed by atoms with Crippen LogP contribution in [0.3, 0.4) is 0 Å². The molecular weight excluding hydrogens is 495 g/mol. The Morgan fingerprint density at radius 3 is 2.54 bits per heavy atom. The maximum atomic E-state index is 14.6. The molecule has 1 unspecified atom stereocenters. The van der Waals surface area contributed by atoms with Crippen molar-refractivity contribution in [2.75, 3.05) is 24.2 Å². The molecular formula is C30H31FN6O2. The summed E-state index contributed by atoms with van der Waals surface area (Å²) in [6.45, 7) is 5.22. The van der Waals surface area contributed by atoms with Gasteiger partial charge in [-0.15, -0.1) is 0 Å². The minimum Gasteiger partial charge on any atom is -0.336 e. The number of likely N-dealkylation sites (tertiary alicyclic amines) is 1. The minimum absolute atomic E-state index is 0.0158. The number of aromatic amines is 1. The number of aromatic nitrogens is 3. The van der Waals surface area contributed by atoms with Crippen LogP contribution < -0.4 is 16.2 Å². The van der Waals surface area contributed by atoms with E-state index in [-0.39, 0.29) is 11.4 Å². The third kappa shape index (κ3) is 5.88. The normalized spacial score (nSPS) is 15.5. The second kappa shape index (κ2) is 11.2. The Kier molecular flexibility index (Phi) is 7.51. The molecule has 8 nitrogen and oxygen atoms in total. The molecule has 2 aromatic heterocycles. The van der Waals surface area contributed by atoms with Crippen molar-refractivity contribution in [3.05, 3.63) is 99.7 Å². The lowest BCUT2D eigenvalue weighted by Gasteiger charge is -2.19. The lowest BCUT2D eigenvalue weighted by atomic mass is 10.0. The van der Waals surface area contributed by atoms with E-state index in [2.05, 4.69) is 51.6 Å². The summed E-state index contributed by atoms with van der Waals surface area (Å²) in [5.74, 6) is -0.130. The molecule has 4 aromatic rings. The van der Waals surface area contributed by atoms with Crippen LogP contribution in [0.2, 0.25) is 0 Å². The summed E-state index contributed by atoms with van der Waals surface area (Å²) < 4.78 is 14.6. The summed E-state index contributed by atoms with van der Waals surface area (Å²) in [6.07, 6.45) is 4.09. The molecule has 0 aliphatic carbocycles. The van der Waals surface area contributed by atoms with Gasteiger partial charge in [-0.1, -0.05) is 32.0 Å². The largest absolute Gasteiger partial charge is 0.336 e. The molecule has 1 saturated heterocycles. The van der Waals surface area contributed by atoms with Gasteiger partial charge >= 0.3 is 0 Å². The highest BCUT2D eigenvalue weighted by Crippen LogP contribution is 2.30. The summed E-state index contributed by atoms with van der Waals surface area (Å²) in [5, 5.41) is 12.3. The van der Waals surface area contributed by atoms with Crippen LogP contribution in [-0.4, -0.2) is 39.6 Å². The quantitative estimate of drug-likeness (QED) is 0.279. The molecule has 1 amide bonds. The number of benzene rings is 2. The van der Waals surface area contributed by atoms with Crippen molar-refractivity contribution in [2.24, 2.45) is 0 Å². The zero-order valence-corrected chi connectivity index (χ0v) is 22.2.